The predicted molar refractivity (Wildman–Crippen MR) is 62.3 cm³/mol. The van der Waals surface area contributed by atoms with Crippen LogP contribution in [0.2, 0.25) is 0 Å². The molecule has 1 N–H and O–H groups in total. The SMILES string of the molecule is O=C(O)CC1CSCCN1C1CCCC1. The van der Waals surface area contributed by atoms with Crippen molar-refractivity contribution >= 4 is 17.7 Å². The van der Waals surface area contributed by atoms with Crippen molar-refractivity contribution in [1.82, 2.24) is 4.90 Å². The first kappa shape index (κ1) is 11.3. The smallest absolute Gasteiger partial charge is 0.304 e. The Bertz CT molecular complexity index is 229. The van der Waals surface area contributed by atoms with Crippen LogP contribution >= 0.6 is 11.8 Å². The molecule has 1 aliphatic heterocycles. The molecule has 0 bridgehead atoms. The van der Waals surface area contributed by atoms with E-state index in [1.54, 1.807) is 0 Å². The van der Waals surface area contributed by atoms with Crippen LogP contribution in [-0.2, 0) is 4.79 Å². The summed E-state index contributed by atoms with van der Waals surface area (Å²) in [7, 11) is 0. The van der Waals surface area contributed by atoms with E-state index < -0.39 is 5.97 Å². The first-order valence-electron chi connectivity index (χ1n) is 5.82. The first-order chi connectivity index (χ1) is 7.27. The van der Waals surface area contributed by atoms with Gasteiger partial charge < -0.3 is 5.11 Å². The maximum Gasteiger partial charge on any atom is 0.304 e. The summed E-state index contributed by atoms with van der Waals surface area (Å²) in [5, 5.41) is 8.89. The standard InChI is InChI=1S/C11H19NO2S/c13-11(14)7-10-8-15-6-5-12(10)9-3-1-2-4-9/h9-10H,1-8H2,(H,13,14). The van der Waals surface area contributed by atoms with Gasteiger partial charge in [-0.25, -0.2) is 0 Å². The minimum absolute atomic E-state index is 0.282. The minimum atomic E-state index is -0.648. The van der Waals surface area contributed by atoms with Crippen molar-refractivity contribution in [2.45, 2.75) is 44.2 Å². The fourth-order valence-corrected chi connectivity index (χ4v) is 3.85. The van der Waals surface area contributed by atoms with Gasteiger partial charge in [0.05, 0.1) is 6.42 Å². The molecule has 1 heterocycles. The molecule has 0 radical (unpaired) electrons. The highest BCUT2D eigenvalue weighted by Gasteiger charge is 2.31. The number of carboxylic acid groups (broad SMARTS) is 1. The van der Waals surface area contributed by atoms with Crippen molar-refractivity contribution in [2.24, 2.45) is 0 Å². The topological polar surface area (TPSA) is 40.5 Å². The average Bonchev–Trinajstić information content (AvgIpc) is 2.70. The second-order valence-corrected chi connectivity index (χ2v) is 5.65. The Labute approximate surface area is 95.2 Å². The van der Waals surface area contributed by atoms with E-state index in [2.05, 4.69) is 4.90 Å². The van der Waals surface area contributed by atoms with Gasteiger partial charge in [-0.3, -0.25) is 9.69 Å². The molecule has 2 fully saturated rings. The van der Waals surface area contributed by atoms with Gasteiger partial charge in [-0.15, -0.1) is 0 Å². The molecular formula is C11H19NO2S. The van der Waals surface area contributed by atoms with Gasteiger partial charge in [-0.05, 0) is 12.8 Å². The lowest BCUT2D eigenvalue weighted by Crippen LogP contribution is -2.48. The summed E-state index contributed by atoms with van der Waals surface area (Å²) in [5.41, 5.74) is 0. The number of hydrogen-bond acceptors (Lipinski definition) is 3. The maximum atomic E-state index is 10.8. The number of aliphatic carboxylic acids is 1. The van der Waals surface area contributed by atoms with Crippen molar-refractivity contribution < 1.29 is 9.90 Å². The molecule has 3 nitrogen and oxygen atoms in total. The summed E-state index contributed by atoms with van der Waals surface area (Å²) in [6, 6.07) is 0.958. The highest BCUT2D eigenvalue weighted by atomic mass is 32.2. The fraction of sp³-hybridized carbons (Fsp3) is 0.909. The van der Waals surface area contributed by atoms with Gasteiger partial charge in [0.1, 0.15) is 0 Å². The van der Waals surface area contributed by atoms with Crippen LogP contribution in [0.25, 0.3) is 0 Å². The largest absolute Gasteiger partial charge is 0.481 e. The van der Waals surface area contributed by atoms with Crippen LogP contribution in [0.1, 0.15) is 32.1 Å². The van der Waals surface area contributed by atoms with E-state index in [0.29, 0.717) is 12.5 Å². The maximum absolute atomic E-state index is 10.8. The minimum Gasteiger partial charge on any atom is -0.481 e. The molecule has 15 heavy (non-hydrogen) atoms. The summed E-state index contributed by atoms with van der Waals surface area (Å²) < 4.78 is 0. The van der Waals surface area contributed by atoms with Crippen LogP contribution in [0.15, 0.2) is 0 Å². The molecule has 0 aromatic rings. The number of rotatable bonds is 3. The van der Waals surface area contributed by atoms with Crippen molar-refractivity contribution in [2.75, 3.05) is 18.1 Å². The molecule has 0 aromatic carbocycles. The van der Waals surface area contributed by atoms with Gasteiger partial charge in [0.15, 0.2) is 0 Å². The predicted octanol–water partition coefficient (Wildman–Crippen LogP) is 1.82. The summed E-state index contributed by atoms with van der Waals surface area (Å²) in [4.78, 5) is 13.3. The van der Waals surface area contributed by atoms with Crippen LogP contribution in [0.3, 0.4) is 0 Å². The lowest BCUT2D eigenvalue weighted by Gasteiger charge is -2.38. The normalized spacial score (nSPS) is 29.5. The lowest BCUT2D eigenvalue weighted by atomic mass is 10.1. The third-order valence-electron chi connectivity index (χ3n) is 3.48. The zero-order valence-corrected chi connectivity index (χ0v) is 9.84. The quantitative estimate of drug-likeness (QED) is 0.801. The van der Waals surface area contributed by atoms with E-state index in [9.17, 15) is 4.79 Å². The number of hydrogen-bond donors (Lipinski definition) is 1. The van der Waals surface area contributed by atoms with Gasteiger partial charge in [0.2, 0.25) is 0 Å². The van der Waals surface area contributed by atoms with E-state index in [1.165, 1.54) is 31.4 Å². The molecule has 1 unspecified atom stereocenters. The number of carboxylic acids is 1. The fourth-order valence-electron chi connectivity index (χ4n) is 2.76. The average molecular weight is 229 g/mol. The van der Waals surface area contributed by atoms with E-state index in [1.807, 2.05) is 11.8 Å². The molecule has 2 aliphatic rings. The zero-order chi connectivity index (χ0) is 10.7. The molecule has 2 rings (SSSR count). The molecule has 0 amide bonds. The molecular weight excluding hydrogens is 210 g/mol. The van der Waals surface area contributed by atoms with Crippen molar-refractivity contribution in [3.63, 3.8) is 0 Å². The zero-order valence-electron chi connectivity index (χ0n) is 9.02. The van der Waals surface area contributed by atoms with E-state index in [4.69, 9.17) is 5.11 Å². The molecule has 86 valence electrons. The second-order valence-electron chi connectivity index (χ2n) is 4.50. The molecule has 1 saturated heterocycles. The molecule has 1 atom stereocenters. The third-order valence-corrected chi connectivity index (χ3v) is 4.57. The highest BCUT2D eigenvalue weighted by molar-refractivity contribution is 7.99. The molecule has 1 aliphatic carbocycles. The van der Waals surface area contributed by atoms with Gasteiger partial charge in [0, 0.05) is 30.1 Å². The van der Waals surface area contributed by atoms with Crippen LogP contribution in [-0.4, -0.2) is 46.1 Å². The van der Waals surface area contributed by atoms with Crippen molar-refractivity contribution in [1.29, 1.82) is 0 Å². The van der Waals surface area contributed by atoms with Crippen molar-refractivity contribution in [3.8, 4) is 0 Å². The summed E-state index contributed by atoms with van der Waals surface area (Å²) in [6.07, 6.45) is 5.53. The van der Waals surface area contributed by atoms with E-state index in [0.717, 1.165) is 12.3 Å². The van der Waals surface area contributed by atoms with E-state index in [-0.39, 0.29) is 6.04 Å². The van der Waals surface area contributed by atoms with Crippen LogP contribution in [0.4, 0.5) is 0 Å². The molecule has 0 spiro atoms. The molecule has 4 heteroatoms. The summed E-state index contributed by atoms with van der Waals surface area (Å²) in [6.45, 7) is 1.09. The Morgan fingerprint density at radius 2 is 2.13 bits per heavy atom. The van der Waals surface area contributed by atoms with Crippen LogP contribution in [0.5, 0.6) is 0 Å². The van der Waals surface area contributed by atoms with Crippen LogP contribution < -0.4 is 0 Å². The van der Waals surface area contributed by atoms with E-state index >= 15 is 0 Å². The van der Waals surface area contributed by atoms with Gasteiger partial charge in [0.25, 0.3) is 0 Å². The Morgan fingerprint density at radius 3 is 2.80 bits per heavy atom. The molecule has 0 aromatic heterocycles. The monoisotopic (exact) mass is 229 g/mol. The lowest BCUT2D eigenvalue weighted by molar-refractivity contribution is -0.138. The van der Waals surface area contributed by atoms with Crippen molar-refractivity contribution in [3.05, 3.63) is 0 Å². The summed E-state index contributed by atoms with van der Waals surface area (Å²) in [5.74, 6) is 1.53. The number of nitrogens with zero attached hydrogens (tertiary/aromatic N) is 1. The summed E-state index contributed by atoms with van der Waals surface area (Å²) >= 11 is 1.90. The van der Waals surface area contributed by atoms with Gasteiger partial charge in [-0.1, -0.05) is 12.8 Å². The highest BCUT2D eigenvalue weighted by Crippen LogP contribution is 2.29. The molecule has 1 saturated carbocycles. The Kier molecular flexibility index (Phi) is 3.92. The Hall–Kier alpha value is -0.220. The van der Waals surface area contributed by atoms with Gasteiger partial charge in [-0.2, -0.15) is 11.8 Å². The first-order valence-corrected chi connectivity index (χ1v) is 6.98. The Morgan fingerprint density at radius 1 is 1.40 bits per heavy atom. The second kappa shape index (κ2) is 5.21. The number of thioether (sulfide) groups is 1. The number of carbonyl (C=O) groups is 1. The van der Waals surface area contributed by atoms with Crippen LogP contribution in [0, 0.1) is 0 Å². The van der Waals surface area contributed by atoms with Gasteiger partial charge >= 0.3 is 5.97 Å². The third kappa shape index (κ3) is 2.88. The Balaban J connectivity index is 1.95.